The number of carbonyl (C=O) groups is 5. The molecule has 3 N–H and O–H groups in total. The smallest absolute Gasteiger partial charge is 0.408 e. The lowest BCUT2D eigenvalue weighted by Gasteiger charge is -2.53. The van der Waals surface area contributed by atoms with Crippen LogP contribution >= 0.6 is 11.8 Å². The number of carbonyl (C=O) groups excluding carboxylic acids is 5. The van der Waals surface area contributed by atoms with Gasteiger partial charge >= 0.3 is 18.0 Å². The number of benzene rings is 2. The van der Waals surface area contributed by atoms with Gasteiger partial charge in [0.25, 0.3) is 0 Å². The maximum atomic E-state index is 13.6. The summed E-state index contributed by atoms with van der Waals surface area (Å²) in [5.74, 6) is -2.14. The van der Waals surface area contributed by atoms with Gasteiger partial charge in [-0.1, -0.05) is 60.7 Å². The molecule has 2 fully saturated rings. The number of ether oxygens (including phenoxy) is 3. The Morgan fingerprint density at radius 1 is 0.917 bits per heavy atom. The van der Waals surface area contributed by atoms with Crippen LogP contribution in [0.25, 0.3) is 0 Å². The van der Waals surface area contributed by atoms with Crippen molar-refractivity contribution in [3.63, 3.8) is 0 Å². The summed E-state index contributed by atoms with van der Waals surface area (Å²) in [5.41, 5.74) is -0.124. The van der Waals surface area contributed by atoms with Gasteiger partial charge in [0, 0.05) is 12.2 Å². The van der Waals surface area contributed by atoms with Crippen LogP contribution < -0.4 is 10.6 Å². The minimum atomic E-state index is -1.16. The van der Waals surface area contributed by atoms with E-state index in [1.807, 2.05) is 60.7 Å². The zero-order valence-electron chi connectivity index (χ0n) is 28.1. The summed E-state index contributed by atoms with van der Waals surface area (Å²) in [7, 11) is 0. The Bertz CT molecular complexity index is 1420. The summed E-state index contributed by atoms with van der Waals surface area (Å²) in [6, 6.07) is 15.3. The van der Waals surface area contributed by atoms with Gasteiger partial charge in [-0.05, 0) is 65.5 Å². The first-order valence-corrected chi connectivity index (χ1v) is 17.0. The molecule has 0 aliphatic carbocycles. The van der Waals surface area contributed by atoms with Gasteiger partial charge in [-0.3, -0.25) is 9.59 Å². The molecule has 2 aromatic rings. The second kappa shape index (κ2) is 15.4. The Hall–Kier alpha value is -4.10. The number of nitrogens with one attached hydrogen (secondary N) is 2. The zero-order chi connectivity index (χ0) is 35.2. The molecule has 12 nitrogen and oxygen atoms in total. The summed E-state index contributed by atoms with van der Waals surface area (Å²) in [5, 5.41) is 15.3. The maximum absolute atomic E-state index is 13.6. The van der Waals surface area contributed by atoms with E-state index in [9.17, 15) is 29.1 Å². The van der Waals surface area contributed by atoms with Crippen LogP contribution in [-0.4, -0.2) is 86.4 Å². The minimum Gasteiger partial charge on any atom is -0.458 e. The third-order valence-corrected chi connectivity index (χ3v) is 8.83. The fourth-order valence-electron chi connectivity index (χ4n) is 5.39. The lowest BCUT2D eigenvalue weighted by molar-refractivity contribution is -0.178. The van der Waals surface area contributed by atoms with Gasteiger partial charge in [-0.15, -0.1) is 11.8 Å². The van der Waals surface area contributed by atoms with Crippen molar-refractivity contribution in [2.75, 3.05) is 5.75 Å². The van der Waals surface area contributed by atoms with Crippen molar-refractivity contribution in [1.29, 1.82) is 0 Å². The molecule has 2 aliphatic heterocycles. The number of hydrogen-bond acceptors (Lipinski definition) is 10. The van der Waals surface area contributed by atoms with Crippen molar-refractivity contribution in [3.8, 4) is 0 Å². The average molecular weight is 684 g/mol. The number of fused-ring (bicyclic) bond motifs is 1. The molecule has 48 heavy (non-hydrogen) atoms. The maximum Gasteiger partial charge on any atom is 0.408 e. The van der Waals surface area contributed by atoms with Crippen molar-refractivity contribution < 1.29 is 43.3 Å². The van der Waals surface area contributed by atoms with Gasteiger partial charge in [0.15, 0.2) is 12.1 Å². The van der Waals surface area contributed by atoms with E-state index in [-0.39, 0.29) is 25.0 Å². The van der Waals surface area contributed by atoms with E-state index in [4.69, 9.17) is 14.2 Å². The monoisotopic (exact) mass is 683 g/mol. The molecule has 2 saturated heterocycles. The Balaban J connectivity index is 1.39. The second-order valence-corrected chi connectivity index (χ2v) is 14.9. The van der Waals surface area contributed by atoms with Crippen molar-refractivity contribution >= 4 is 41.6 Å². The zero-order valence-corrected chi connectivity index (χ0v) is 29.0. The lowest BCUT2D eigenvalue weighted by Crippen LogP contribution is -2.76. The van der Waals surface area contributed by atoms with Crippen LogP contribution in [0.2, 0.25) is 0 Å². The molecular formula is C35H45N3O9S. The van der Waals surface area contributed by atoms with E-state index in [0.29, 0.717) is 0 Å². The van der Waals surface area contributed by atoms with E-state index in [2.05, 4.69) is 10.6 Å². The Morgan fingerprint density at radius 3 is 2.02 bits per heavy atom. The highest BCUT2D eigenvalue weighted by Crippen LogP contribution is 2.39. The molecular weight excluding hydrogens is 638 g/mol. The average Bonchev–Trinajstić information content (AvgIpc) is 3.00. The van der Waals surface area contributed by atoms with Gasteiger partial charge in [-0.25, -0.2) is 14.4 Å². The van der Waals surface area contributed by atoms with Crippen LogP contribution in [0, 0.1) is 0 Å². The summed E-state index contributed by atoms with van der Waals surface area (Å²) >= 11 is 1.27. The number of thioether (sulfide) groups is 1. The number of esters is 2. The van der Waals surface area contributed by atoms with Crippen molar-refractivity contribution in [3.05, 3.63) is 71.8 Å². The fourth-order valence-corrected chi connectivity index (χ4v) is 6.74. The number of β-lactam (4-membered cyclic amide) rings is 1. The van der Waals surface area contributed by atoms with Crippen LogP contribution in [0.5, 0.6) is 0 Å². The summed E-state index contributed by atoms with van der Waals surface area (Å²) in [4.78, 5) is 66.4. The number of aliphatic hydroxyl groups is 1. The van der Waals surface area contributed by atoms with E-state index < -0.39 is 76.8 Å². The van der Waals surface area contributed by atoms with Crippen LogP contribution in [0.15, 0.2) is 60.7 Å². The first-order chi connectivity index (χ1) is 22.5. The van der Waals surface area contributed by atoms with Crippen molar-refractivity contribution in [1.82, 2.24) is 15.5 Å². The summed E-state index contributed by atoms with van der Waals surface area (Å²) < 4.78 is 16.8. The minimum absolute atomic E-state index is 0.0532. The van der Waals surface area contributed by atoms with Gasteiger partial charge in [0.2, 0.25) is 11.8 Å². The van der Waals surface area contributed by atoms with Crippen LogP contribution in [0.4, 0.5) is 4.79 Å². The van der Waals surface area contributed by atoms with Crippen LogP contribution in [-0.2, 0) is 33.4 Å². The van der Waals surface area contributed by atoms with Gasteiger partial charge < -0.3 is 34.9 Å². The first-order valence-electron chi connectivity index (χ1n) is 16.0. The molecule has 2 heterocycles. The quantitative estimate of drug-likeness (QED) is 0.180. The third-order valence-electron chi connectivity index (χ3n) is 7.46. The number of rotatable bonds is 11. The molecule has 0 radical (unpaired) electrons. The van der Waals surface area contributed by atoms with E-state index >= 15 is 0 Å². The van der Waals surface area contributed by atoms with Crippen molar-refractivity contribution in [2.45, 2.75) is 108 Å². The Labute approximate surface area is 285 Å². The first kappa shape index (κ1) is 36.7. The molecule has 3 amide bonds. The fraction of sp³-hybridized carbons (Fsp3) is 0.514. The molecule has 2 aromatic carbocycles. The molecule has 260 valence electrons. The molecule has 4 rings (SSSR count). The highest BCUT2D eigenvalue weighted by Gasteiger charge is 2.58. The van der Waals surface area contributed by atoms with E-state index in [1.54, 1.807) is 41.5 Å². The number of alkyl carbamates (subject to hydrolysis) is 1. The number of hydrogen-bond donors (Lipinski definition) is 3. The highest BCUT2D eigenvalue weighted by atomic mass is 32.2. The topological polar surface area (TPSA) is 161 Å². The molecule has 0 saturated carbocycles. The van der Waals surface area contributed by atoms with E-state index in [0.717, 1.165) is 11.1 Å². The van der Waals surface area contributed by atoms with Gasteiger partial charge in [0.05, 0.1) is 6.10 Å². The number of amides is 3. The van der Waals surface area contributed by atoms with Crippen LogP contribution in [0.3, 0.4) is 0 Å². The van der Waals surface area contributed by atoms with Crippen LogP contribution in [0.1, 0.15) is 78.0 Å². The predicted molar refractivity (Wildman–Crippen MR) is 178 cm³/mol. The third kappa shape index (κ3) is 9.72. The molecule has 5 atom stereocenters. The Morgan fingerprint density at radius 2 is 1.48 bits per heavy atom. The molecule has 0 aromatic heterocycles. The van der Waals surface area contributed by atoms with Gasteiger partial charge in [-0.2, -0.15) is 0 Å². The molecule has 13 heteroatoms. The SMILES string of the molecule is CC(C)(C)OC(=O)NC(CCCC(=O)N[C@@H]1C(=O)N2C(C(=O)OC(C)(C)C)C(O)CS[C@@H]12)C(=O)OC(c1ccccc1)c1ccccc1. The molecule has 0 spiro atoms. The normalized spacial score (nSPS) is 21.3. The largest absolute Gasteiger partial charge is 0.458 e. The van der Waals surface area contributed by atoms with Crippen molar-refractivity contribution in [2.24, 2.45) is 0 Å². The summed E-state index contributed by atoms with van der Waals surface area (Å²) in [6.07, 6.45) is -2.47. The molecule has 0 bridgehead atoms. The highest BCUT2D eigenvalue weighted by molar-refractivity contribution is 8.00. The summed E-state index contributed by atoms with van der Waals surface area (Å²) in [6.45, 7) is 10.2. The Kier molecular flexibility index (Phi) is 11.8. The standard InChI is InChI=1S/C35H45N3O9S/c1-34(2,3)46-32(43)27-24(39)20-48-30-26(29(41)38(27)30)37-25(40)19-13-18-23(36-33(44)47-35(4,5)6)31(42)45-28(21-14-9-7-10-15-21)22-16-11-8-12-17-22/h7-12,14-17,23-24,26-28,30,39H,13,18-20H2,1-6H3,(H,36,44)(H,37,40)/t23?,24?,26-,27?,30+/m1/s1. The van der Waals surface area contributed by atoms with Gasteiger partial charge in [0.1, 0.15) is 28.7 Å². The van der Waals surface area contributed by atoms with E-state index in [1.165, 1.54) is 16.7 Å². The lowest BCUT2D eigenvalue weighted by atomic mass is 9.99. The number of nitrogens with zero attached hydrogens (tertiary/aromatic N) is 1. The molecule has 3 unspecified atom stereocenters. The molecule has 2 aliphatic rings. The number of aliphatic hydroxyl groups excluding tert-OH is 1. The predicted octanol–water partition coefficient (Wildman–Crippen LogP) is 3.85. The second-order valence-electron chi connectivity index (χ2n) is 13.8.